The fourth-order valence-corrected chi connectivity index (χ4v) is 7.29. The predicted octanol–water partition coefficient (Wildman–Crippen LogP) is 3.64. The molecule has 10 nitrogen and oxygen atoms in total. The van der Waals surface area contributed by atoms with Crippen molar-refractivity contribution in [3.63, 3.8) is 0 Å². The Hall–Kier alpha value is -2.82. The van der Waals surface area contributed by atoms with Crippen molar-refractivity contribution in [1.29, 1.82) is 0 Å². The van der Waals surface area contributed by atoms with Crippen LogP contribution >= 0.6 is 11.6 Å². The summed E-state index contributed by atoms with van der Waals surface area (Å²) < 4.78 is 115. The summed E-state index contributed by atoms with van der Waals surface area (Å²) in [4.78, 5) is 11.4. The van der Waals surface area contributed by atoms with E-state index in [0.29, 0.717) is 13.8 Å². The Balaban J connectivity index is 2.19. The van der Waals surface area contributed by atoms with E-state index in [2.05, 4.69) is 4.72 Å². The van der Waals surface area contributed by atoms with Gasteiger partial charge in [0.15, 0.2) is 0 Å². The van der Waals surface area contributed by atoms with E-state index in [1.807, 2.05) is 0 Å². The topological polar surface area (TPSA) is 136 Å². The van der Waals surface area contributed by atoms with Crippen molar-refractivity contribution >= 4 is 49.1 Å². The van der Waals surface area contributed by atoms with Crippen molar-refractivity contribution in [2.75, 3.05) is 22.0 Å². The van der Waals surface area contributed by atoms with E-state index in [1.165, 1.54) is 13.8 Å². The number of benzene rings is 2. The fraction of sp³-hybridized carbons (Fsp3) is 0.458. The summed E-state index contributed by atoms with van der Waals surface area (Å²) in [5.74, 6) is -1.05. The van der Waals surface area contributed by atoms with Crippen molar-refractivity contribution in [2.24, 2.45) is 0 Å². The van der Waals surface area contributed by atoms with Crippen LogP contribution in [0.3, 0.4) is 0 Å². The second-order valence-corrected chi connectivity index (χ2v) is 14.6. The largest absolute Gasteiger partial charge is 0.530 e. The van der Waals surface area contributed by atoms with Crippen molar-refractivity contribution in [1.82, 2.24) is 4.72 Å². The monoisotopic (exact) mass is 644 g/mol. The molecular weight excluding hydrogens is 618 g/mol. The summed E-state index contributed by atoms with van der Waals surface area (Å²) in [6, 6.07) is 5.56. The minimum Gasteiger partial charge on any atom is -0.530 e. The average molecular weight is 645 g/mol. The molecule has 1 aliphatic heterocycles. The van der Waals surface area contributed by atoms with Gasteiger partial charge in [-0.3, -0.25) is 4.31 Å². The highest BCUT2D eigenvalue weighted by Gasteiger charge is 2.52. The number of hydrogen-bond donors (Lipinski definition) is 1. The Morgan fingerprint density at radius 3 is 2.24 bits per heavy atom. The molecule has 41 heavy (non-hydrogen) atoms. The number of anilines is 2. The molecule has 2 aromatic carbocycles. The zero-order chi connectivity index (χ0) is 31.3. The molecule has 1 amide bonds. The van der Waals surface area contributed by atoms with Gasteiger partial charge in [0.2, 0.25) is 10.0 Å². The number of amides is 1. The van der Waals surface area contributed by atoms with E-state index >= 15 is 0 Å². The smallest absolute Gasteiger partial charge is 0.411 e. The number of carboxylic acid groups (broad SMARTS) is 1. The summed E-state index contributed by atoms with van der Waals surface area (Å²) in [6.45, 7) is 3.81. The maximum atomic E-state index is 13.8. The van der Waals surface area contributed by atoms with Crippen LogP contribution in [0.25, 0.3) is 0 Å². The van der Waals surface area contributed by atoms with Crippen LogP contribution in [0.5, 0.6) is 5.75 Å². The Kier molecular flexibility index (Phi) is 8.60. The molecule has 0 unspecified atom stereocenters. The van der Waals surface area contributed by atoms with Gasteiger partial charge in [-0.05, 0) is 64.1 Å². The van der Waals surface area contributed by atoms with Crippen LogP contribution in [0, 0.1) is 5.82 Å². The van der Waals surface area contributed by atoms with Gasteiger partial charge in [-0.25, -0.2) is 25.9 Å². The predicted molar refractivity (Wildman–Crippen MR) is 141 cm³/mol. The second-order valence-electron chi connectivity index (χ2n) is 10.6. The third-order valence-corrected chi connectivity index (χ3v) is 9.24. The molecule has 1 N–H and O–H groups in total. The molecule has 0 radical (unpaired) electrons. The second kappa shape index (κ2) is 10.8. The molecular formula is C24H27ClF4N3O7S2-. The lowest BCUT2D eigenvalue weighted by Gasteiger charge is -2.43. The number of halogens is 5. The number of alkyl halides is 3. The number of hydrogen-bond acceptors (Lipinski definition) is 7. The molecule has 0 aromatic heterocycles. The van der Waals surface area contributed by atoms with Gasteiger partial charge in [0.1, 0.15) is 29.3 Å². The molecule has 1 aliphatic rings. The lowest BCUT2D eigenvalue weighted by molar-refractivity contribution is -0.254. The lowest BCUT2D eigenvalue weighted by atomic mass is 9.97. The van der Waals surface area contributed by atoms with Crippen LogP contribution < -0.4 is 23.8 Å². The molecule has 17 heteroatoms. The Bertz CT molecular complexity index is 1570. The number of ether oxygens (including phenoxy) is 1. The first kappa shape index (κ1) is 32.7. The van der Waals surface area contributed by atoms with Gasteiger partial charge >= 0.3 is 6.18 Å². The Morgan fingerprint density at radius 1 is 1.12 bits per heavy atom. The van der Waals surface area contributed by atoms with Crippen molar-refractivity contribution in [3.8, 4) is 5.75 Å². The first-order chi connectivity index (χ1) is 18.5. The summed E-state index contributed by atoms with van der Waals surface area (Å²) >= 11 is 5.80. The zero-order valence-corrected chi connectivity index (χ0v) is 24.8. The zero-order valence-electron chi connectivity index (χ0n) is 22.4. The Labute approximate surface area is 239 Å². The summed E-state index contributed by atoms with van der Waals surface area (Å²) in [5.41, 5.74) is -5.00. The van der Waals surface area contributed by atoms with Crippen LogP contribution in [-0.4, -0.2) is 59.1 Å². The summed E-state index contributed by atoms with van der Waals surface area (Å²) in [7, 11) is -8.29. The van der Waals surface area contributed by atoms with E-state index in [0.717, 1.165) is 47.0 Å². The molecule has 0 saturated carbocycles. The first-order valence-electron chi connectivity index (χ1n) is 11.8. The number of sulfonamides is 2. The van der Waals surface area contributed by atoms with E-state index in [9.17, 15) is 44.3 Å². The van der Waals surface area contributed by atoms with Crippen LogP contribution in [0.15, 0.2) is 41.3 Å². The van der Waals surface area contributed by atoms with Crippen LogP contribution in [-0.2, 0) is 20.0 Å². The summed E-state index contributed by atoms with van der Waals surface area (Å²) in [5, 5.41) is 11.4. The standard InChI is InChI=1S/C24H28ClF4N3O7S2/c1-22(2,30-40(5,35)36)12-15-13-31(41(37,38)16-7-8-18(26)17(25)11-16)19-10-14(6-9-20(19)39-15)32(21(33)34)23(3,4)24(27,28)29/h6-11,15,30H,12-13H2,1-5H3,(H,33,34)/p-1/t15-/m0/s1. The van der Waals surface area contributed by atoms with Crippen LogP contribution in [0.2, 0.25) is 5.02 Å². The molecule has 1 heterocycles. The first-order valence-corrected chi connectivity index (χ1v) is 15.5. The molecule has 1 atom stereocenters. The van der Waals surface area contributed by atoms with Gasteiger partial charge < -0.3 is 19.5 Å². The fourth-order valence-electron chi connectivity index (χ4n) is 4.43. The van der Waals surface area contributed by atoms with Gasteiger partial charge in [0.25, 0.3) is 10.0 Å². The minimum absolute atomic E-state index is 0.0575. The maximum Gasteiger partial charge on any atom is 0.411 e. The maximum absolute atomic E-state index is 13.8. The molecule has 0 aliphatic carbocycles. The number of carbonyl (C=O) groups excluding carboxylic acids is 1. The third kappa shape index (κ3) is 6.98. The highest BCUT2D eigenvalue weighted by atomic mass is 35.5. The van der Waals surface area contributed by atoms with Crippen molar-refractivity contribution in [2.45, 2.75) is 62.4 Å². The minimum atomic E-state index is -5.04. The van der Waals surface area contributed by atoms with Crippen molar-refractivity contribution < 1.29 is 49.0 Å². The number of nitrogens with zero attached hydrogens (tertiary/aromatic N) is 2. The number of rotatable bonds is 8. The highest BCUT2D eigenvalue weighted by molar-refractivity contribution is 7.92. The van der Waals surface area contributed by atoms with Crippen LogP contribution in [0.1, 0.15) is 34.1 Å². The average Bonchev–Trinajstić information content (AvgIpc) is 2.77. The quantitative estimate of drug-likeness (QED) is 0.434. The number of nitrogens with one attached hydrogen (secondary N) is 1. The molecule has 2 aromatic rings. The molecule has 0 spiro atoms. The molecule has 0 saturated heterocycles. The highest BCUT2D eigenvalue weighted by Crippen LogP contribution is 2.44. The van der Waals surface area contributed by atoms with E-state index in [1.54, 1.807) is 0 Å². The van der Waals surface area contributed by atoms with Crippen molar-refractivity contribution in [3.05, 3.63) is 47.2 Å². The van der Waals surface area contributed by atoms with Gasteiger partial charge in [-0.2, -0.15) is 13.2 Å². The van der Waals surface area contributed by atoms with Gasteiger partial charge in [0.05, 0.1) is 28.4 Å². The number of fused-ring (bicyclic) bond motifs is 1. The van der Waals surface area contributed by atoms with Crippen LogP contribution in [0.4, 0.5) is 33.7 Å². The third-order valence-electron chi connectivity index (χ3n) is 6.25. The Morgan fingerprint density at radius 2 is 1.73 bits per heavy atom. The van der Waals surface area contributed by atoms with Gasteiger partial charge in [-0.15, -0.1) is 0 Å². The summed E-state index contributed by atoms with van der Waals surface area (Å²) in [6.07, 6.45) is -7.36. The number of carbonyl (C=O) groups is 1. The van der Waals surface area contributed by atoms with Gasteiger partial charge in [0, 0.05) is 17.6 Å². The van der Waals surface area contributed by atoms with E-state index in [4.69, 9.17) is 16.3 Å². The molecule has 3 rings (SSSR count). The van der Waals surface area contributed by atoms with Gasteiger partial charge in [-0.1, -0.05) is 11.6 Å². The normalized spacial score (nSPS) is 16.6. The van der Waals surface area contributed by atoms with E-state index < -0.39 is 77.5 Å². The molecule has 0 bridgehead atoms. The SMILES string of the molecule is CC(C)(C[C@H]1CN(S(=O)(=O)c2ccc(F)c(Cl)c2)c2cc(N(C(=O)[O-])C(C)(C)C(F)(F)F)ccc2O1)NS(C)(=O)=O. The molecule has 228 valence electrons. The molecule has 0 fully saturated rings. The lowest BCUT2D eigenvalue weighted by Crippen LogP contribution is -2.60. The van der Waals surface area contributed by atoms with E-state index in [-0.39, 0.29) is 22.8 Å².